The quantitative estimate of drug-likeness (QED) is 0.165. The Kier molecular flexibility index (Phi) is 6.79. The number of hydrogen-bond acceptors (Lipinski definition) is 2. The highest BCUT2D eigenvalue weighted by Crippen LogP contribution is 2.34. The monoisotopic (exact) mass is 828 g/mol. The van der Waals surface area contributed by atoms with Gasteiger partial charge in [-0.3, -0.25) is 0 Å². The summed E-state index contributed by atoms with van der Waals surface area (Å²) in [5.74, 6) is 0. The number of fused-ring (bicyclic) bond motifs is 6. The molecule has 8 aromatic rings. The van der Waals surface area contributed by atoms with Crippen molar-refractivity contribution in [1.82, 2.24) is 0 Å². The molecule has 0 amide bonds. The van der Waals surface area contributed by atoms with Crippen LogP contribution in [0.2, 0.25) is 0 Å². The van der Waals surface area contributed by atoms with Crippen LogP contribution in [0.3, 0.4) is 0 Å². The third-order valence-corrected chi connectivity index (χ3v) is 7.97. The van der Waals surface area contributed by atoms with Gasteiger partial charge in [0, 0.05) is 39.4 Å². The zero-order valence-corrected chi connectivity index (χ0v) is 27.6. The van der Waals surface area contributed by atoms with Crippen LogP contribution in [-0.2, 0) is 0 Å². The maximum atomic E-state index is 8.11. The van der Waals surface area contributed by atoms with Gasteiger partial charge in [-0.25, -0.2) is 0 Å². The summed E-state index contributed by atoms with van der Waals surface area (Å²) in [6.07, 6.45) is 0. The molecule has 0 aliphatic heterocycles. The summed E-state index contributed by atoms with van der Waals surface area (Å²) >= 11 is 13.2. The average molecular weight is 832 g/mol. The second kappa shape index (κ2) is 14.1. The average Bonchev–Trinajstić information content (AvgIpc) is 3.67. The molecule has 2 nitrogen and oxygen atoms in total. The molecule has 6 aromatic carbocycles. The SMILES string of the molecule is Brc1ccc2c(c1)oc1cc(Br)ccc12.C.[2H]c1c([2H])c([2H])c(-c2ccc3c(c2)oc2cc(Br)ccc23)c([2H])c1[2H].[2H]c1c([2H])c([2H])c(Br)c([2H])c1[2H]. The molecule has 2 aromatic heterocycles. The van der Waals surface area contributed by atoms with E-state index in [1.165, 1.54) is 0 Å². The van der Waals surface area contributed by atoms with Gasteiger partial charge < -0.3 is 8.83 Å². The van der Waals surface area contributed by atoms with E-state index in [-0.39, 0.29) is 71.8 Å². The van der Waals surface area contributed by atoms with Crippen molar-refractivity contribution in [2.45, 2.75) is 7.43 Å². The molecule has 0 spiro atoms. The van der Waals surface area contributed by atoms with Gasteiger partial charge in [-0.05, 0) is 89.9 Å². The molecule has 214 valence electrons. The molecule has 0 unspecified atom stereocenters. The van der Waals surface area contributed by atoms with Crippen LogP contribution >= 0.6 is 63.7 Å². The van der Waals surface area contributed by atoms with Crippen molar-refractivity contribution < 1.29 is 22.5 Å². The highest BCUT2D eigenvalue weighted by Gasteiger charge is 2.09. The minimum Gasteiger partial charge on any atom is -0.456 e. The first-order chi connectivity index (χ1) is 24.6. The zero-order valence-electron chi connectivity index (χ0n) is 31.3. The van der Waals surface area contributed by atoms with Gasteiger partial charge in [-0.1, -0.05) is 126 Å². The fraction of sp³-hybridized carbons (Fsp3) is 0.0270. The lowest BCUT2D eigenvalue weighted by atomic mass is 10.0. The lowest BCUT2D eigenvalue weighted by molar-refractivity contribution is 0.668. The fourth-order valence-electron chi connectivity index (χ4n) is 4.26. The van der Waals surface area contributed by atoms with Crippen LogP contribution < -0.4 is 0 Å². The Balaban J connectivity index is 0.000000165. The van der Waals surface area contributed by atoms with Crippen LogP contribution in [0, 0.1) is 0 Å². The van der Waals surface area contributed by atoms with Gasteiger partial charge in [-0.15, -0.1) is 0 Å². The van der Waals surface area contributed by atoms with Gasteiger partial charge in [0.2, 0.25) is 0 Å². The molecule has 0 aliphatic rings. The van der Waals surface area contributed by atoms with Crippen LogP contribution in [-0.4, -0.2) is 0 Å². The van der Waals surface area contributed by atoms with E-state index in [4.69, 9.17) is 22.5 Å². The molecule has 0 saturated carbocycles. The molecule has 0 fully saturated rings. The molecule has 0 bridgehead atoms. The molecule has 0 atom stereocenters. The third-order valence-electron chi connectivity index (χ3n) is 6.09. The Morgan fingerprint density at radius 1 is 0.395 bits per heavy atom. The van der Waals surface area contributed by atoms with Crippen molar-refractivity contribution in [1.29, 1.82) is 0 Å². The topological polar surface area (TPSA) is 26.3 Å². The summed E-state index contributed by atoms with van der Waals surface area (Å²) in [6.45, 7) is 0. The van der Waals surface area contributed by atoms with E-state index in [1.807, 2.05) is 48.5 Å². The van der Waals surface area contributed by atoms with Gasteiger partial charge >= 0.3 is 0 Å². The van der Waals surface area contributed by atoms with Crippen molar-refractivity contribution in [2.75, 3.05) is 0 Å². The summed E-state index contributed by atoms with van der Waals surface area (Å²) in [5, 5.41) is 4.19. The Morgan fingerprint density at radius 2 is 0.767 bits per heavy atom. The number of hydrogen-bond donors (Lipinski definition) is 0. The van der Waals surface area contributed by atoms with Crippen LogP contribution in [0.5, 0.6) is 0 Å². The van der Waals surface area contributed by atoms with Gasteiger partial charge in [0.25, 0.3) is 0 Å². The van der Waals surface area contributed by atoms with Crippen molar-refractivity contribution in [3.8, 4) is 11.1 Å². The lowest BCUT2D eigenvalue weighted by Gasteiger charge is -2.00. The predicted octanol–water partition coefficient (Wildman–Crippen LogP) is 14.2. The normalized spacial score (nSPS) is 13.9. The van der Waals surface area contributed by atoms with Crippen molar-refractivity contribution >= 4 is 108 Å². The first kappa shape index (κ1) is 20.7. The second-order valence-corrected chi connectivity index (χ2v) is 12.3. The predicted molar refractivity (Wildman–Crippen MR) is 197 cm³/mol. The highest BCUT2D eigenvalue weighted by atomic mass is 79.9. The van der Waals surface area contributed by atoms with Crippen molar-refractivity contribution in [3.05, 3.63) is 151 Å². The Hall–Kier alpha value is -3.16. The summed E-state index contributed by atoms with van der Waals surface area (Å²) in [5.41, 5.74) is 3.87. The molecule has 8 rings (SSSR count). The molecule has 0 N–H and O–H groups in total. The summed E-state index contributed by atoms with van der Waals surface area (Å²) in [4.78, 5) is 0. The minimum absolute atomic E-state index is 0. The van der Waals surface area contributed by atoms with E-state index in [0.717, 1.165) is 51.7 Å². The van der Waals surface area contributed by atoms with Crippen LogP contribution in [0.4, 0.5) is 0 Å². The summed E-state index contributed by atoms with van der Waals surface area (Å²) in [7, 11) is 0. The van der Waals surface area contributed by atoms with Crippen molar-refractivity contribution in [3.63, 3.8) is 0 Å². The van der Waals surface area contributed by atoms with E-state index in [2.05, 4.69) is 75.9 Å². The molecule has 43 heavy (non-hydrogen) atoms. The van der Waals surface area contributed by atoms with Gasteiger partial charge in [-0.2, -0.15) is 0 Å². The standard InChI is InChI=1S/C18H11BrO.C12H6Br2O.C6H5Br.CH4/c19-14-7-9-16-15-8-6-13(12-4-2-1-3-5-12)10-17(15)20-18(16)11-14;13-7-1-3-9-10-4-2-8(14)6-12(10)15-11(9)5-7;7-6-4-2-1-3-5-6;/h1-11H;1-6H;1-5H;1H4/i1D,2D,3D,4D,5D;;1D,2D,3D,4D,5D;. The number of furan rings is 2. The van der Waals surface area contributed by atoms with E-state index in [0.29, 0.717) is 11.1 Å². The van der Waals surface area contributed by atoms with Gasteiger partial charge in [0.1, 0.15) is 22.3 Å². The smallest absolute Gasteiger partial charge is 0.136 e. The second-order valence-electron chi connectivity index (χ2n) is 8.78. The molecular formula is C37H26Br4O2. The fourth-order valence-corrected chi connectivity index (χ4v) is 5.48. The molecular weight excluding hydrogens is 796 g/mol. The number of rotatable bonds is 1. The Morgan fingerprint density at radius 3 is 1.21 bits per heavy atom. The Bertz CT molecular complexity index is 2520. The lowest BCUT2D eigenvalue weighted by Crippen LogP contribution is -1.76. The first-order valence-electron chi connectivity index (χ1n) is 17.3. The third kappa shape index (κ3) is 7.32. The molecule has 0 radical (unpaired) electrons. The van der Waals surface area contributed by atoms with E-state index < -0.39 is 6.04 Å². The largest absolute Gasteiger partial charge is 0.456 e. The first-order valence-corrected chi connectivity index (χ1v) is 15.4. The van der Waals surface area contributed by atoms with Crippen molar-refractivity contribution in [2.24, 2.45) is 0 Å². The molecule has 2 heterocycles. The Labute approximate surface area is 298 Å². The zero-order chi connectivity index (χ0) is 37.8. The summed E-state index contributed by atoms with van der Waals surface area (Å²) < 4.78 is 90.4. The molecule has 6 heteroatoms. The molecule has 0 aliphatic carbocycles. The van der Waals surface area contributed by atoms with Crippen LogP contribution in [0.25, 0.3) is 55.0 Å². The van der Waals surface area contributed by atoms with E-state index in [1.54, 1.807) is 12.1 Å². The van der Waals surface area contributed by atoms with Gasteiger partial charge in [0.05, 0.1) is 13.7 Å². The maximum Gasteiger partial charge on any atom is 0.136 e. The van der Waals surface area contributed by atoms with Crippen LogP contribution in [0.15, 0.2) is 160 Å². The maximum absolute atomic E-state index is 8.11. The highest BCUT2D eigenvalue weighted by molar-refractivity contribution is 9.11. The molecule has 0 saturated heterocycles. The van der Waals surface area contributed by atoms with E-state index in [9.17, 15) is 0 Å². The summed E-state index contributed by atoms with van der Waals surface area (Å²) in [6, 6.07) is 20.3. The van der Waals surface area contributed by atoms with Crippen LogP contribution in [0.1, 0.15) is 21.1 Å². The van der Waals surface area contributed by atoms with Gasteiger partial charge in [0.15, 0.2) is 0 Å². The number of benzene rings is 6. The number of halogens is 4. The minimum atomic E-state index is -0.395. The van der Waals surface area contributed by atoms with E-state index >= 15 is 0 Å².